The molecule has 1 aliphatic heterocycles. The molecule has 0 spiro atoms. The highest BCUT2D eigenvalue weighted by Gasteiger charge is 2.50. The van der Waals surface area contributed by atoms with Crippen LogP contribution in [0.1, 0.15) is 40.2 Å². The molecule has 0 atom stereocenters. The number of rotatable bonds is 2. The highest BCUT2D eigenvalue weighted by Crippen LogP contribution is 2.37. The van der Waals surface area contributed by atoms with Crippen molar-refractivity contribution in [2.24, 2.45) is 0 Å². The van der Waals surface area contributed by atoms with E-state index in [0.29, 0.717) is 5.56 Å². The Kier molecular flexibility index (Phi) is 4.16. The van der Waals surface area contributed by atoms with E-state index in [4.69, 9.17) is 9.31 Å². The van der Waals surface area contributed by atoms with E-state index in [9.17, 15) is 4.39 Å². The summed E-state index contributed by atoms with van der Waals surface area (Å²) in [5.74, 6) is 1.57. The summed E-state index contributed by atoms with van der Waals surface area (Å²) in [7, 11) is -0.460. The standard InChI is InChI=1S/C15H19BBrFO2/c1-10(12-8-11(17)6-7-13(12)18)9-16-19-14(2,3)15(4,5)20-16/h6-9H,1-5H3/b10-9-. The smallest absolute Gasteiger partial charge is 0.400 e. The molecule has 1 aromatic carbocycles. The predicted octanol–water partition coefficient (Wildman–Crippen LogP) is 4.62. The first-order chi connectivity index (χ1) is 9.12. The first-order valence-electron chi connectivity index (χ1n) is 6.62. The van der Waals surface area contributed by atoms with Gasteiger partial charge >= 0.3 is 7.12 Å². The van der Waals surface area contributed by atoms with E-state index in [1.165, 1.54) is 6.07 Å². The van der Waals surface area contributed by atoms with Crippen molar-refractivity contribution in [3.05, 3.63) is 40.0 Å². The van der Waals surface area contributed by atoms with Gasteiger partial charge in [0, 0.05) is 10.0 Å². The summed E-state index contributed by atoms with van der Waals surface area (Å²) in [5, 5.41) is 0. The van der Waals surface area contributed by atoms with Crippen LogP contribution in [0.15, 0.2) is 28.6 Å². The summed E-state index contributed by atoms with van der Waals surface area (Å²) in [6.07, 6.45) is 0. The van der Waals surface area contributed by atoms with Gasteiger partial charge in [-0.1, -0.05) is 21.9 Å². The second kappa shape index (κ2) is 5.28. The molecule has 0 aromatic heterocycles. The topological polar surface area (TPSA) is 18.5 Å². The molecule has 1 aromatic rings. The molecule has 1 aliphatic rings. The molecule has 0 aliphatic carbocycles. The Hall–Kier alpha value is -0.645. The van der Waals surface area contributed by atoms with Gasteiger partial charge < -0.3 is 9.31 Å². The number of hydrogen-bond donors (Lipinski definition) is 0. The first kappa shape index (κ1) is 15.7. The molecule has 108 valence electrons. The maximum Gasteiger partial charge on any atom is 0.487 e. The average Bonchev–Trinajstić information content (AvgIpc) is 2.50. The summed E-state index contributed by atoms with van der Waals surface area (Å²) >= 11 is 3.36. The summed E-state index contributed by atoms with van der Waals surface area (Å²) in [4.78, 5) is 0. The molecule has 2 nitrogen and oxygen atoms in total. The van der Waals surface area contributed by atoms with Crippen LogP contribution in [-0.4, -0.2) is 18.3 Å². The summed E-state index contributed by atoms with van der Waals surface area (Å²) in [5.41, 5.74) is 0.575. The quantitative estimate of drug-likeness (QED) is 0.731. The molecule has 0 amide bonds. The minimum Gasteiger partial charge on any atom is -0.400 e. The lowest BCUT2D eigenvalue weighted by molar-refractivity contribution is 0.00578. The van der Waals surface area contributed by atoms with Crippen LogP contribution in [0.5, 0.6) is 0 Å². The molecule has 1 heterocycles. The summed E-state index contributed by atoms with van der Waals surface area (Å²) in [6.45, 7) is 9.84. The summed E-state index contributed by atoms with van der Waals surface area (Å²) < 4.78 is 26.5. The Morgan fingerprint density at radius 1 is 1.20 bits per heavy atom. The van der Waals surface area contributed by atoms with Gasteiger partial charge in [0.1, 0.15) is 5.82 Å². The normalized spacial score (nSPS) is 21.4. The van der Waals surface area contributed by atoms with Crippen LogP contribution in [0, 0.1) is 5.82 Å². The molecule has 0 radical (unpaired) electrons. The molecule has 20 heavy (non-hydrogen) atoms. The Bertz CT molecular complexity index is 539. The van der Waals surface area contributed by atoms with Crippen LogP contribution in [0.2, 0.25) is 0 Å². The number of benzene rings is 1. The zero-order chi connectivity index (χ0) is 15.1. The van der Waals surface area contributed by atoms with Crippen molar-refractivity contribution in [2.45, 2.75) is 45.8 Å². The predicted molar refractivity (Wildman–Crippen MR) is 83.8 cm³/mol. The van der Waals surface area contributed by atoms with E-state index in [-0.39, 0.29) is 17.0 Å². The zero-order valence-electron chi connectivity index (χ0n) is 12.5. The van der Waals surface area contributed by atoms with E-state index in [0.717, 1.165) is 10.0 Å². The van der Waals surface area contributed by atoms with Crippen molar-refractivity contribution in [1.82, 2.24) is 0 Å². The molecular weight excluding hydrogens is 322 g/mol. The second-order valence-corrected chi connectivity index (χ2v) is 7.01. The van der Waals surface area contributed by atoms with Crippen molar-refractivity contribution in [3.63, 3.8) is 0 Å². The molecule has 2 rings (SSSR count). The third-order valence-electron chi connectivity index (χ3n) is 4.01. The fraction of sp³-hybridized carbons (Fsp3) is 0.467. The maximum absolute atomic E-state index is 13.9. The van der Waals surface area contributed by atoms with Crippen LogP contribution in [0.4, 0.5) is 4.39 Å². The van der Waals surface area contributed by atoms with Crippen molar-refractivity contribution in [3.8, 4) is 0 Å². The van der Waals surface area contributed by atoms with Gasteiger partial charge in [0.05, 0.1) is 11.2 Å². The SMILES string of the molecule is C/C(=C/B1OC(C)(C)C(C)(C)O1)c1cc(Br)ccc1F. The van der Waals surface area contributed by atoms with Crippen molar-refractivity contribution >= 4 is 28.6 Å². The molecule has 5 heteroatoms. The van der Waals surface area contributed by atoms with Gasteiger partial charge in [-0.15, -0.1) is 0 Å². The third-order valence-corrected chi connectivity index (χ3v) is 4.50. The van der Waals surface area contributed by atoms with Gasteiger partial charge in [0.15, 0.2) is 0 Å². The number of hydrogen-bond acceptors (Lipinski definition) is 2. The van der Waals surface area contributed by atoms with Gasteiger partial charge in [-0.25, -0.2) is 4.39 Å². The van der Waals surface area contributed by atoms with Crippen LogP contribution >= 0.6 is 15.9 Å². The van der Waals surface area contributed by atoms with Crippen LogP contribution in [-0.2, 0) is 9.31 Å². The minimum absolute atomic E-state index is 0.251. The van der Waals surface area contributed by atoms with Crippen molar-refractivity contribution < 1.29 is 13.7 Å². The molecule has 1 saturated heterocycles. The van der Waals surface area contributed by atoms with Gasteiger partial charge in [-0.3, -0.25) is 0 Å². The second-order valence-electron chi connectivity index (χ2n) is 6.10. The van der Waals surface area contributed by atoms with Gasteiger partial charge in [0.25, 0.3) is 0 Å². The van der Waals surface area contributed by atoms with Crippen LogP contribution in [0.3, 0.4) is 0 Å². The number of halogens is 2. The molecule has 0 saturated carbocycles. The first-order valence-corrected chi connectivity index (χ1v) is 7.41. The fourth-order valence-corrected chi connectivity index (χ4v) is 2.41. The van der Waals surface area contributed by atoms with Crippen LogP contribution < -0.4 is 0 Å². The monoisotopic (exact) mass is 340 g/mol. The Morgan fingerprint density at radius 2 is 1.75 bits per heavy atom. The lowest BCUT2D eigenvalue weighted by Gasteiger charge is -2.32. The van der Waals surface area contributed by atoms with Crippen molar-refractivity contribution in [1.29, 1.82) is 0 Å². The lowest BCUT2D eigenvalue weighted by atomic mass is 9.85. The highest BCUT2D eigenvalue weighted by atomic mass is 79.9. The minimum atomic E-state index is -0.460. The van der Waals surface area contributed by atoms with Gasteiger partial charge in [-0.2, -0.15) is 0 Å². The average molecular weight is 341 g/mol. The third kappa shape index (κ3) is 3.00. The van der Waals surface area contributed by atoms with E-state index in [1.54, 1.807) is 12.1 Å². The molecule has 1 fully saturated rings. The fourth-order valence-electron chi connectivity index (χ4n) is 2.05. The van der Waals surface area contributed by atoms with E-state index >= 15 is 0 Å². The van der Waals surface area contributed by atoms with Gasteiger partial charge in [0.2, 0.25) is 0 Å². The Morgan fingerprint density at radius 3 is 2.30 bits per heavy atom. The Labute approximate surface area is 128 Å². The molecule has 0 unspecified atom stereocenters. The number of allylic oxidation sites excluding steroid dienone is 1. The zero-order valence-corrected chi connectivity index (χ0v) is 14.0. The molecular formula is C15H19BBrFO2. The highest BCUT2D eigenvalue weighted by molar-refractivity contribution is 9.10. The van der Waals surface area contributed by atoms with E-state index in [1.807, 2.05) is 40.6 Å². The molecule has 0 N–H and O–H groups in total. The maximum atomic E-state index is 13.9. The summed E-state index contributed by atoms with van der Waals surface area (Å²) in [6, 6.07) is 4.88. The van der Waals surface area contributed by atoms with E-state index in [2.05, 4.69) is 15.9 Å². The largest absolute Gasteiger partial charge is 0.487 e. The van der Waals surface area contributed by atoms with E-state index < -0.39 is 7.12 Å². The molecule has 0 bridgehead atoms. The lowest BCUT2D eigenvalue weighted by Crippen LogP contribution is -2.41. The van der Waals surface area contributed by atoms with Crippen LogP contribution in [0.25, 0.3) is 5.57 Å². The van der Waals surface area contributed by atoms with Gasteiger partial charge in [-0.05, 0) is 58.4 Å². The van der Waals surface area contributed by atoms with Crippen molar-refractivity contribution in [2.75, 3.05) is 0 Å². The Balaban J connectivity index is 2.26.